The normalized spacial score (nSPS) is 19.3. The molecule has 1 saturated heterocycles. The standard InChI is InChI=1S/C12H13NO2/c1-15-12(14)11-9-13(11)8-7-10-5-3-2-4-6-10/h2-8,11H,9H2,1H3/b8-7+. The van der Waals surface area contributed by atoms with Crippen molar-refractivity contribution in [3.05, 3.63) is 42.1 Å². The third-order valence-corrected chi connectivity index (χ3v) is 2.38. The summed E-state index contributed by atoms with van der Waals surface area (Å²) in [6, 6.07) is 9.92. The molecule has 0 saturated carbocycles. The van der Waals surface area contributed by atoms with E-state index in [1.165, 1.54) is 7.11 Å². The van der Waals surface area contributed by atoms with E-state index in [1.807, 2.05) is 47.5 Å². The van der Waals surface area contributed by atoms with Crippen LogP contribution in [0, 0.1) is 0 Å². The van der Waals surface area contributed by atoms with Crippen molar-refractivity contribution < 1.29 is 9.53 Å². The van der Waals surface area contributed by atoms with Gasteiger partial charge in [0.1, 0.15) is 6.04 Å². The first-order valence-electron chi connectivity index (χ1n) is 4.88. The molecule has 1 aromatic rings. The van der Waals surface area contributed by atoms with Crippen molar-refractivity contribution in [2.24, 2.45) is 0 Å². The third-order valence-electron chi connectivity index (χ3n) is 2.38. The van der Waals surface area contributed by atoms with Crippen molar-refractivity contribution >= 4 is 12.0 Å². The second kappa shape index (κ2) is 4.17. The summed E-state index contributed by atoms with van der Waals surface area (Å²) in [5, 5.41) is 0. The summed E-state index contributed by atoms with van der Waals surface area (Å²) < 4.78 is 4.64. The summed E-state index contributed by atoms with van der Waals surface area (Å²) in [6.45, 7) is 0.760. The highest BCUT2D eigenvalue weighted by molar-refractivity contribution is 5.79. The molecule has 15 heavy (non-hydrogen) atoms. The first-order valence-corrected chi connectivity index (χ1v) is 4.88. The molecule has 1 atom stereocenters. The lowest BCUT2D eigenvalue weighted by Crippen LogP contribution is -2.11. The Morgan fingerprint density at radius 2 is 2.20 bits per heavy atom. The van der Waals surface area contributed by atoms with E-state index in [9.17, 15) is 4.79 Å². The van der Waals surface area contributed by atoms with Crippen LogP contribution in [0.4, 0.5) is 0 Å². The molecule has 1 aliphatic heterocycles. The molecule has 0 amide bonds. The van der Waals surface area contributed by atoms with E-state index < -0.39 is 0 Å². The Morgan fingerprint density at radius 1 is 1.47 bits per heavy atom. The van der Waals surface area contributed by atoms with Crippen molar-refractivity contribution in [3.8, 4) is 0 Å². The fourth-order valence-electron chi connectivity index (χ4n) is 1.41. The Bertz CT molecular complexity index is 372. The summed E-state index contributed by atoms with van der Waals surface area (Å²) in [5.74, 6) is -0.160. The summed E-state index contributed by atoms with van der Waals surface area (Å²) in [5.41, 5.74) is 1.13. The van der Waals surface area contributed by atoms with Crippen molar-refractivity contribution in [3.63, 3.8) is 0 Å². The average molecular weight is 203 g/mol. The molecule has 0 N–H and O–H groups in total. The van der Waals surface area contributed by atoms with Gasteiger partial charge in [-0.05, 0) is 11.6 Å². The number of ether oxygens (including phenoxy) is 1. The zero-order chi connectivity index (χ0) is 10.7. The molecule has 78 valence electrons. The zero-order valence-corrected chi connectivity index (χ0v) is 8.59. The van der Waals surface area contributed by atoms with Crippen molar-refractivity contribution in [1.29, 1.82) is 0 Å². The molecule has 1 fully saturated rings. The number of nitrogens with zero attached hydrogens (tertiary/aromatic N) is 1. The maximum Gasteiger partial charge on any atom is 0.330 e. The summed E-state index contributed by atoms with van der Waals surface area (Å²) in [7, 11) is 1.42. The molecule has 0 spiro atoms. The summed E-state index contributed by atoms with van der Waals surface area (Å²) in [6.07, 6.45) is 3.92. The number of hydrogen-bond acceptors (Lipinski definition) is 3. The molecule has 0 radical (unpaired) electrons. The van der Waals surface area contributed by atoms with E-state index >= 15 is 0 Å². The SMILES string of the molecule is COC(=O)C1CN1/C=C/c1ccccc1. The molecule has 0 bridgehead atoms. The van der Waals surface area contributed by atoms with Gasteiger partial charge in [-0.15, -0.1) is 0 Å². The van der Waals surface area contributed by atoms with E-state index in [2.05, 4.69) is 4.74 Å². The van der Waals surface area contributed by atoms with Crippen LogP contribution in [0.15, 0.2) is 36.5 Å². The molecule has 0 aromatic heterocycles. The van der Waals surface area contributed by atoms with Gasteiger partial charge in [-0.1, -0.05) is 30.3 Å². The van der Waals surface area contributed by atoms with Gasteiger partial charge in [-0.3, -0.25) is 0 Å². The molecule has 3 heteroatoms. The Hall–Kier alpha value is -1.77. The van der Waals surface area contributed by atoms with Gasteiger partial charge in [-0.2, -0.15) is 0 Å². The monoisotopic (exact) mass is 203 g/mol. The molecule has 1 unspecified atom stereocenters. The molecular weight excluding hydrogens is 190 g/mol. The topological polar surface area (TPSA) is 29.3 Å². The first-order chi connectivity index (χ1) is 7.31. The predicted molar refractivity (Wildman–Crippen MR) is 58.0 cm³/mol. The fourth-order valence-corrected chi connectivity index (χ4v) is 1.41. The lowest BCUT2D eigenvalue weighted by atomic mass is 10.2. The smallest absolute Gasteiger partial charge is 0.330 e. The highest BCUT2D eigenvalue weighted by atomic mass is 16.5. The van der Waals surface area contributed by atoms with Crippen molar-refractivity contribution in [2.75, 3.05) is 13.7 Å². The van der Waals surface area contributed by atoms with Gasteiger partial charge in [0.25, 0.3) is 0 Å². The van der Waals surface area contributed by atoms with Crippen LogP contribution in [0.2, 0.25) is 0 Å². The number of benzene rings is 1. The van der Waals surface area contributed by atoms with Gasteiger partial charge in [-0.25, -0.2) is 4.79 Å². The maximum absolute atomic E-state index is 11.1. The zero-order valence-electron chi connectivity index (χ0n) is 8.59. The second-order valence-corrected chi connectivity index (χ2v) is 3.46. The van der Waals surface area contributed by atoms with Gasteiger partial charge < -0.3 is 9.64 Å². The van der Waals surface area contributed by atoms with Gasteiger partial charge in [0.2, 0.25) is 0 Å². The minimum atomic E-state index is -0.160. The number of carbonyl (C=O) groups is 1. The van der Waals surface area contributed by atoms with E-state index in [1.54, 1.807) is 0 Å². The number of esters is 1. The Morgan fingerprint density at radius 3 is 2.87 bits per heavy atom. The van der Waals surface area contributed by atoms with Crippen LogP contribution in [0.3, 0.4) is 0 Å². The van der Waals surface area contributed by atoms with Gasteiger partial charge in [0.15, 0.2) is 0 Å². The van der Waals surface area contributed by atoms with Crippen LogP contribution in [0.25, 0.3) is 6.08 Å². The van der Waals surface area contributed by atoms with E-state index in [0.29, 0.717) is 0 Å². The van der Waals surface area contributed by atoms with Gasteiger partial charge in [0.05, 0.1) is 7.11 Å². The number of carbonyl (C=O) groups excluding carboxylic acids is 1. The molecular formula is C12H13NO2. The lowest BCUT2D eigenvalue weighted by molar-refractivity contribution is -0.140. The fraction of sp³-hybridized carbons (Fsp3) is 0.250. The van der Waals surface area contributed by atoms with E-state index in [-0.39, 0.29) is 12.0 Å². The Labute approximate surface area is 89.0 Å². The molecule has 1 aliphatic rings. The van der Waals surface area contributed by atoms with Crippen LogP contribution in [0.5, 0.6) is 0 Å². The Kier molecular flexibility index (Phi) is 2.72. The second-order valence-electron chi connectivity index (χ2n) is 3.46. The first kappa shape index (κ1) is 9.77. The quantitative estimate of drug-likeness (QED) is 0.551. The van der Waals surface area contributed by atoms with Crippen LogP contribution in [-0.2, 0) is 9.53 Å². The average Bonchev–Trinajstić information content (AvgIpc) is 3.06. The lowest BCUT2D eigenvalue weighted by Gasteiger charge is -1.97. The van der Waals surface area contributed by atoms with E-state index in [0.717, 1.165) is 12.1 Å². The van der Waals surface area contributed by atoms with Gasteiger partial charge >= 0.3 is 5.97 Å². The largest absolute Gasteiger partial charge is 0.467 e. The van der Waals surface area contributed by atoms with Crippen molar-refractivity contribution in [2.45, 2.75) is 6.04 Å². The number of hydrogen-bond donors (Lipinski definition) is 0. The summed E-state index contributed by atoms with van der Waals surface area (Å²) >= 11 is 0. The molecule has 2 rings (SSSR count). The molecule has 0 aliphatic carbocycles. The number of methoxy groups -OCH3 is 1. The van der Waals surface area contributed by atoms with Crippen LogP contribution in [0.1, 0.15) is 5.56 Å². The van der Waals surface area contributed by atoms with Crippen LogP contribution >= 0.6 is 0 Å². The molecule has 3 nitrogen and oxygen atoms in total. The predicted octanol–water partition coefficient (Wildman–Crippen LogP) is 1.51. The van der Waals surface area contributed by atoms with E-state index in [4.69, 9.17) is 0 Å². The van der Waals surface area contributed by atoms with Crippen molar-refractivity contribution in [1.82, 2.24) is 4.90 Å². The highest BCUT2D eigenvalue weighted by Gasteiger charge is 2.38. The minimum Gasteiger partial charge on any atom is -0.467 e. The van der Waals surface area contributed by atoms with Crippen LogP contribution in [-0.4, -0.2) is 30.6 Å². The van der Waals surface area contributed by atoms with Crippen LogP contribution < -0.4 is 0 Å². The number of rotatable bonds is 3. The summed E-state index contributed by atoms with van der Waals surface area (Å²) in [4.78, 5) is 13.0. The highest BCUT2D eigenvalue weighted by Crippen LogP contribution is 2.19. The molecule has 1 heterocycles. The molecule has 1 aromatic carbocycles. The van der Waals surface area contributed by atoms with Gasteiger partial charge in [0, 0.05) is 12.7 Å². The minimum absolute atomic E-state index is 0.0741. The third kappa shape index (κ3) is 2.37. The maximum atomic E-state index is 11.1. The Balaban J connectivity index is 1.90.